The molecule has 1 heterocycles. The van der Waals surface area contributed by atoms with Crippen molar-refractivity contribution in [3.05, 3.63) is 82.1 Å². The van der Waals surface area contributed by atoms with Gasteiger partial charge in [-0.2, -0.15) is 0 Å². The van der Waals surface area contributed by atoms with Crippen LogP contribution in [0, 0.1) is 0 Å². The largest absolute Gasteiger partial charge is 0.478 e. The monoisotopic (exact) mass is 354 g/mol. The van der Waals surface area contributed by atoms with E-state index >= 15 is 0 Å². The van der Waals surface area contributed by atoms with Crippen molar-refractivity contribution >= 4 is 29.6 Å². The lowest BCUT2D eigenvalue weighted by Crippen LogP contribution is -2.09. The summed E-state index contributed by atoms with van der Waals surface area (Å²) in [6, 6.07) is 13.6. The van der Waals surface area contributed by atoms with Gasteiger partial charge in [0.1, 0.15) is 5.76 Å². The normalized spacial score (nSPS) is 10.4. The second-order valence-electron chi connectivity index (χ2n) is 5.19. The highest BCUT2D eigenvalue weighted by Gasteiger charge is 2.19. The first kappa shape index (κ1) is 16.7. The first-order chi connectivity index (χ1) is 12.0. The average molecular weight is 355 g/mol. The number of carbonyl (C=O) groups is 3. The van der Waals surface area contributed by atoms with Gasteiger partial charge in [-0.25, -0.2) is 4.79 Å². The van der Waals surface area contributed by atoms with Crippen LogP contribution >= 0.6 is 11.6 Å². The lowest BCUT2D eigenvalue weighted by atomic mass is 9.97. The fraction of sp³-hybridized carbons (Fsp3) is 0. The second-order valence-corrected chi connectivity index (χ2v) is 5.60. The van der Waals surface area contributed by atoms with Gasteiger partial charge >= 0.3 is 5.97 Å². The van der Waals surface area contributed by atoms with Crippen molar-refractivity contribution in [2.45, 2.75) is 0 Å². The number of hydrogen-bond acceptors (Lipinski definition) is 4. The van der Waals surface area contributed by atoms with Crippen LogP contribution in [0.5, 0.6) is 0 Å². The third kappa shape index (κ3) is 3.22. The lowest BCUT2D eigenvalue weighted by Gasteiger charge is -2.08. The van der Waals surface area contributed by atoms with E-state index in [1.807, 2.05) is 0 Å². The van der Waals surface area contributed by atoms with Gasteiger partial charge in [-0.3, -0.25) is 9.59 Å². The summed E-state index contributed by atoms with van der Waals surface area (Å²) in [5, 5.41) is 9.59. The maximum atomic E-state index is 12.7. The van der Waals surface area contributed by atoms with Gasteiger partial charge in [-0.05, 0) is 36.4 Å². The van der Waals surface area contributed by atoms with Crippen molar-refractivity contribution in [1.29, 1.82) is 0 Å². The van der Waals surface area contributed by atoms with Gasteiger partial charge in [0, 0.05) is 16.7 Å². The summed E-state index contributed by atoms with van der Waals surface area (Å²) in [7, 11) is 0. The highest BCUT2D eigenvalue weighted by atomic mass is 35.5. The molecule has 6 heteroatoms. The Bertz CT molecular complexity index is 987. The van der Waals surface area contributed by atoms with Crippen molar-refractivity contribution in [1.82, 2.24) is 0 Å². The SMILES string of the molecule is O=Cc1ccc(-c2cc(C(=O)c3ccccc3C(=O)O)ccc2Cl)o1. The summed E-state index contributed by atoms with van der Waals surface area (Å²) < 4.78 is 5.34. The van der Waals surface area contributed by atoms with Gasteiger partial charge in [-0.15, -0.1) is 0 Å². The quantitative estimate of drug-likeness (QED) is 0.544. The number of hydrogen-bond donors (Lipinski definition) is 1. The molecule has 5 nitrogen and oxygen atoms in total. The van der Waals surface area contributed by atoms with Gasteiger partial charge in [0.15, 0.2) is 17.8 Å². The van der Waals surface area contributed by atoms with Gasteiger partial charge in [0.25, 0.3) is 0 Å². The van der Waals surface area contributed by atoms with Crippen LogP contribution in [-0.2, 0) is 0 Å². The van der Waals surface area contributed by atoms with Crippen LogP contribution in [0.15, 0.2) is 59.0 Å². The summed E-state index contributed by atoms with van der Waals surface area (Å²) in [6.45, 7) is 0. The van der Waals surface area contributed by atoms with E-state index in [0.29, 0.717) is 22.6 Å². The molecule has 1 aromatic heterocycles. The number of aromatic carboxylic acids is 1. The molecule has 124 valence electrons. The molecule has 3 rings (SSSR count). The van der Waals surface area contributed by atoms with Crippen LogP contribution in [0.1, 0.15) is 36.8 Å². The minimum Gasteiger partial charge on any atom is -0.478 e. The molecule has 0 aliphatic heterocycles. The standard InChI is InChI=1S/C19H11ClO5/c20-16-7-5-11(9-15(16)17-8-6-12(10-21)25-17)18(22)13-3-1-2-4-14(13)19(23)24/h1-10H,(H,23,24). The number of aldehydes is 1. The van der Waals surface area contributed by atoms with Crippen molar-refractivity contribution in [3.63, 3.8) is 0 Å². The molecular weight excluding hydrogens is 344 g/mol. The molecule has 3 aromatic rings. The molecule has 0 spiro atoms. The van der Waals surface area contributed by atoms with Crippen LogP contribution in [-0.4, -0.2) is 23.1 Å². The van der Waals surface area contributed by atoms with E-state index in [1.165, 1.54) is 36.4 Å². The molecular formula is C19H11ClO5. The van der Waals surface area contributed by atoms with E-state index in [0.717, 1.165) is 0 Å². The van der Waals surface area contributed by atoms with Gasteiger partial charge < -0.3 is 9.52 Å². The summed E-state index contributed by atoms with van der Waals surface area (Å²) >= 11 is 6.16. The van der Waals surface area contributed by atoms with Crippen LogP contribution in [0.4, 0.5) is 0 Å². The number of carboxylic acid groups (broad SMARTS) is 1. The van der Waals surface area contributed by atoms with Crippen molar-refractivity contribution in [3.8, 4) is 11.3 Å². The Morgan fingerprint density at radius 2 is 1.72 bits per heavy atom. The van der Waals surface area contributed by atoms with E-state index < -0.39 is 11.8 Å². The molecule has 0 atom stereocenters. The molecule has 0 aliphatic rings. The number of carboxylic acids is 1. The number of ketones is 1. The lowest BCUT2D eigenvalue weighted by molar-refractivity contribution is 0.0692. The summed E-state index contributed by atoms with van der Waals surface area (Å²) in [6.07, 6.45) is 0.565. The Morgan fingerprint density at radius 1 is 1.00 bits per heavy atom. The van der Waals surface area contributed by atoms with E-state index in [9.17, 15) is 19.5 Å². The molecule has 0 fully saturated rings. The summed E-state index contributed by atoms with van der Waals surface area (Å²) in [5.74, 6) is -1.15. The molecule has 0 amide bonds. The Kier molecular flexibility index (Phi) is 4.50. The molecule has 0 aliphatic carbocycles. The third-order valence-corrected chi connectivity index (χ3v) is 3.97. The highest BCUT2D eigenvalue weighted by molar-refractivity contribution is 6.33. The maximum Gasteiger partial charge on any atom is 0.336 e. The zero-order chi connectivity index (χ0) is 18.0. The van der Waals surface area contributed by atoms with Gasteiger partial charge in [0.05, 0.1) is 10.6 Å². The van der Waals surface area contributed by atoms with Crippen LogP contribution < -0.4 is 0 Å². The fourth-order valence-corrected chi connectivity index (χ4v) is 2.65. The number of carbonyl (C=O) groups excluding carboxylic acids is 2. The number of halogens is 1. The summed E-state index contributed by atoms with van der Waals surface area (Å²) in [4.78, 5) is 34.8. The molecule has 2 aromatic carbocycles. The Morgan fingerprint density at radius 3 is 2.36 bits per heavy atom. The predicted molar refractivity (Wildman–Crippen MR) is 91.4 cm³/mol. The Balaban J connectivity index is 2.07. The molecule has 0 radical (unpaired) electrons. The highest BCUT2D eigenvalue weighted by Crippen LogP contribution is 2.31. The summed E-state index contributed by atoms with van der Waals surface area (Å²) in [5.41, 5.74) is 0.701. The molecule has 0 saturated heterocycles. The van der Waals surface area contributed by atoms with E-state index in [2.05, 4.69) is 0 Å². The van der Waals surface area contributed by atoms with Crippen molar-refractivity contribution in [2.24, 2.45) is 0 Å². The molecule has 0 unspecified atom stereocenters. The van der Waals surface area contributed by atoms with Gasteiger partial charge in [-0.1, -0.05) is 29.8 Å². The van der Waals surface area contributed by atoms with Crippen LogP contribution in [0.2, 0.25) is 5.02 Å². The van der Waals surface area contributed by atoms with Crippen LogP contribution in [0.25, 0.3) is 11.3 Å². The predicted octanol–water partition coefficient (Wildman–Crippen LogP) is 4.34. The topological polar surface area (TPSA) is 84.6 Å². The number of benzene rings is 2. The van der Waals surface area contributed by atoms with Gasteiger partial charge in [0.2, 0.25) is 0 Å². The first-order valence-corrected chi connectivity index (χ1v) is 7.61. The fourth-order valence-electron chi connectivity index (χ4n) is 2.44. The van der Waals surface area contributed by atoms with Crippen LogP contribution in [0.3, 0.4) is 0 Å². The minimum absolute atomic E-state index is 0.0785. The average Bonchev–Trinajstić information content (AvgIpc) is 3.10. The van der Waals surface area contributed by atoms with E-state index in [1.54, 1.807) is 18.2 Å². The zero-order valence-electron chi connectivity index (χ0n) is 12.7. The number of rotatable bonds is 5. The molecule has 25 heavy (non-hydrogen) atoms. The number of furan rings is 1. The molecule has 0 bridgehead atoms. The molecule has 0 saturated carbocycles. The van der Waals surface area contributed by atoms with E-state index in [-0.39, 0.29) is 22.5 Å². The maximum absolute atomic E-state index is 12.7. The first-order valence-electron chi connectivity index (χ1n) is 7.23. The Hall–Kier alpha value is -3.18. The Labute approximate surface area is 147 Å². The van der Waals surface area contributed by atoms with E-state index in [4.69, 9.17) is 16.0 Å². The third-order valence-electron chi connectivity index (χ3n) is 3.64. The van der Waals surface area contributed by atoms with Crippen molar-refractivity contribution in [2.75, 3.05) is 0 Å². The second kappa shape index (κ2) is 6.75. The minimum atomic E-state index is -1.18. The molecule has 1 N–H and O–H groups in total. The van der Waals surface area contributed by atoms with Crippen molar-refractivity contribution < 1.29 is 23.9 Å². The zero-order valence-corrected chi connectivity index (χ0v) is 13.5. The smallest absolute Gasteiger partial charge is 0.336 e.